The monoisotopic (exact) mass is 326 g/mol. The number of nitrogens with zero attached hydrogens (tertiary/aromatic N) is 2. The second kappa shape index (κ2) is 6.27. The Morgan fingerprint density at radius 2 is 2.08 bits per heavy atom. The number of H-pyrrole nitrogens is 1. The van der Waals surface area contributed by atoms with Crippen molar-refractivity contribution < 1.29 is 9.78 Å². The number of hydrogen-bond acceptors (Lipinski definition) is 4. The van der Waals surface area contributed by atoms with Crippen molar-refractivity contribution in [3.63, 3.8) is 0 Å². The van der Waals surface area contributed by atoms with E-state index >= 15 is 0 Å². The molecule has 0 fully saturated rings. The molecule has 3 aromatic heterocycles. The summed E-state index contributed by atoms with van der Waals surface area (Å²) in [6, 6.07) is 5.35. The van der Waals surface area contributed by atoms with Crippen LogP contribution in [0.2, 0.25) is 0 Å². The summed E-state index contributed by atoms with van der Waals surface area (Å²) < 4.78 is 1.54. The van der Waals surface area contributed by atoms with Crippen LogP contribution in [0, 0.1) is 6.92 Å². The number of hydrogen-bond donors (Lipinski definition) is 2. The molecular weight excluding hydrogens is 306 g/mol. The second-order valence-corrected chi connectivity index (χ2v) is 5.56. The fourth-order valence-electron chi connectivity index (χ4n) is 2.63. The van der Waals surface area contributed by atoms with Crippen LogP contribution in [0.1, 0.15) is 29.8 Å². The molecule has 1 amide bonds. The maximum absolute atomic E-state index is 12.8. The number of nitrogens with one attached hydrogen (secondary N) is 3. The molecule has 0 radical (unpaired) electrons. The van der Waals surface area contributed by atoms with Gasteiger partial charge in [0.25, 0.3) is 11.6 Å². The van der Waals surface area contributed by atoms with E-state index in [1.165, 1.54) is 4.40 Å². The van der Waals surface area contributed by atoms with Gasteiger partial charge < -0.3 is 10.6 Å². The predicted octanol–water partition coefficient (Wildman–Crippen LogP) is 1.15. The predicted molar refractivity (Wildman–Crippen MR) is 92.4 cm³/mol. The number of carbonyl (C=O) groups excluding carboxylic acids is 1. The van der Waals surface area contributed by atoms with Gasteiger partial charge in [-0.2, -0.15) is 4.40 Å². The summed E-state index contributed by atoms with van der Waals surface area (Å²) in [7, 11) is 0. The number of amides is 1. The molecule has 0 unspecified atom stereocenters. The van der Waals surface area contributed by atoms with Gasteiger partial charge in [-0.25, -0.2) is 9.78 Å². The molecule has 0 aliphatic carbocycles. The lowest BCUT2D eigenvalue weighted by Crippen LogP contribution is -2.28. The molecule has 0 spiro atoms. The zero-order chi connectivity index (χ0) is 17.3. The van der Waals surface area contributed by atoms with E-state index in [-0.39, 0.29) is 11.5 Å². The highest BCUT2D eigenvalue weighted by molar-refractivity contribution is 6.01. The maximum Gasteiger partial charge on any atom is 0.325 e. The second-order valence-electron chi connectivity index (χ2n) is 5.56. The average Bonchev–Trinajstić information content (AvgIpc) is 2.56. The average molecular weight is 326 g/mol. The Hall–Kier alpha value is -2.96. The molecule has 124 valence electrons. The van der Waals surface area contributed by atoms with E-state index in [1.54, 1.807) is 12.3 Å². The standard InChI is InChI=1S/C17H19N5O2/c1-4-18-14-11(16(23)19-5-2)8-12-15(21-14)20-13-7-6-10(3)9-22(13)17(12)24/h6-9H,4-5H2,1-3H3,(H,18,21)(H,19,23)/p+1. The molecule has 0 saturated carbocycles. The summed E-state index contributed by atoms with van der Waals surface area (Å²) in [5, 5.41) is 6.21. The van der Waals surface area contributed by atoms with E-state index in [2.05, 4.69) is 20.6 Å². The molecule has 0 aromatic carbocycles. The van der Waals surface area contributed by atoms with Crippen LogP contribution in [0.3, 0.4) is 0 Å². The lowest BCUT2D eigenvalue weighted by molar-refractivity contribution is -0.319. The van der Waals surface area contributed by atoms with Gasteiger partial charge in [0, 0.05) is 19.2 Å². The smallest absolute Gasteiger partial charge is 0.325 e. The van der Waals surface area contributed by atoms with Crippen LogP contribution in [0.4, 0.5) is 5.82 Å². The van der Waals surface area contributed by atoms with E-state index < -0.39 is 0 Å². The van der Waals surface area contributed by atoms with Gasteiger partial charge in [-0.3, -0.25) is 4.79 Å². The number of aromatic nitrogens is 3. The summed E-state index contributed by atoms with van der Waals surface area (Å²) in [4.78, 5) is 32.7. The quantitative estimate of drug-likeness (QED) is 0.704. The Labute approximate surface area is 138 Å². The van der Waals surface area contributed by atoms with Crippen molar-refractivity contribution in [2.75, 3.05) is 18.4 Å². The summed E-state index contributed by atoms with van der Waals surface area (Å²) in [6.45, 7) is 6.82. The normalized spacial score (nSPS) is 11.0. The van der Waals surface area contributed by atoms with Crippen molar-refractivity contribution in [1.29, 1.82) is 0 Å². The van der Waals surface area contributed by atoms with Crippen LogP contribution in [0.5, 0.6) is 0 Å². The zero-order valence-corrected chi connectivity index (χ0v) is 13.9. The Morgan fingerprint density at radius 1 is 1.29 bits per heavy atom. The number of carbonyl (C=O) groups is 1. The van der Waals surface area contributed by atoms with Gasteiger partial charge in [-0.1, -0.05) is 4.98 Å². The number of pyridine rings is 2. The highest BCUT2D eigenvalue weighted by Crippen LogP contribution is 2.16. The molecule has 7 heteroatoms. The molecule has 24 heavy (non-hydrogen) atoms. The third-order valence-electron chi connectivity index (χ3n) is 3.74. The minimum atomic E-state index is -0.253. The van der Waals surface area contributed by atoms with Gasteiger partial charge in [-0.05, 0) is 38.5 Å². The summed E-state index contributed by atoms with van der Waals surface area (Å²) in [5.74, 6) is 0.208. The van der Waals surface area contributed by atoms with Crippen molar-refractivity contribution in [3.05, 3.63) is 45.9 Å². The van der Waals surface area contributed by atoms with Gasteiger partial charge >= 0.3 is 5.56 Å². The minimum absolute atomic E-state index is 0.205. The summed E-state index contributed by atoms with van der Waals surface area (Å²) >= 11 is 0. The lowest BCUT2D eigenvalue weighted by atomic mass is 10.2. The molecule has 7 nitrogen and oxygen atoms in total. The minimum Gasteiger partial charge on any atom is -0.356 e. The van der Waals surface area contributed by atoms with Gasteiger partial charge in [0.1, 0.15) is 10.9 Å². The van der Waals surface area contributed by atoms with Crippen molar-refractivity contribution in [2.45, 2.75) is 20.8 Å². The maximum atomic E-state index is 12.8. The van der Waals surface area contributed by atoms with E-state index in [1.807, 2.05) is 32.9 Å². The van der Waals surface area contributed by atoms with Crippen molar-refractivity contribution in [3.8, 4) is 0 Å². The summed E-state index contributed by atoms with van der Waals surface area (Å²) in [5.41, 5.74) is 2.23. The number of rotatable bonds is 4. The Morgan fingerprint density at radius 3 is 2.79 bits per heavy atom. The van der Waals surface area contributed by atoms with Gasteiger partial charge in [0.05, 0.1) is 6.20 Å². The highest BCUT2D eigenvalue weighted by Gasteiger charge is 2.21. The van der Waals surface area contributed by atoms with Crippen molar-refractivity contribution >= 4 is 28.4 Å². The lowest BCUT2D eigenvalue weighted by Gasteiger charge is -2.08. The van der Waals surface area contributed by atoms with Crippen molar-refractivity contribution in [1.82, 2.24) is 14.7 Å². The van der Waals surface area contributed by atoms with Crippen LogP contribution in [-0.2, 0) is 0 Å². The van der Waals surface area contributed by atoms with E-state index in [0.717, 1.165) is 5.56 Å². The van der Waals surface area contributed by atoms with E-state index in [0.29, 0.717) is 41.2 Å². The molecule has 3 heterocycles. The van der Waals surface area contributed by atoms with Gasteiger partial charge in [0.15, 0.2) is 0 Å². The first kappa shape index (κ1) is 15.9. The molecule has 0 aliphatic heterocycles. The summed E-state index contributed by atoms with van der Waals surface area (Å²) in [6.07, 6.45) is 1.76. The van der Waals surface area contributed by atoms with Crippen LogP contribution >= 0.6 is 0 Å². The largest absolute Gasteiger partial charge is 0.356 e. The van der Waals surface area contributed by atoms with Crippen LogP contribution < -0.4 is 21.2 Å². The van der Waals surface area contributed by atoms with Gasteiger partial charge in [0.2, 0.25) is 11.5 Å². The molecule has 0 aliphatic rings. The van der Waals surface area contributed by atoms with Crippen LogP contribution in [0.15, 0.2) is 29.2 Å². The first-order chi connectivity index (χ1) is 11.5. The Kier molecular flexibility index (Phi) is 4.16. The Bertz CT molecular complexity index is 994. The first-order valence-electron chi connectivity index (χ1n) is 7.96. The third kappa shape index (κ3) is 2.68. The molecule has 0 bridgehead atoms. The number of fused-ring (bicyclic) bond motifs is 2. The zero-order valence-electron chi connectivity index (χ0n) is 13.9. The fraction of sp³-hybridized carbons (Fsp3) is 0.294. The number of anilines is 1. The molecule has 3 N–H and O–H groups in total. The first-order valence-corrected chi connectivity index (χ1v) is 7.96. The molecule has 0 atom stereocenters. The topological polar surface area (TPSA) is 89.6 Å². The molecule has 3 aromatic rings. The number of aromatic amines is 1. The molecule has 3 rings (SSSR count). The SMILES string of the molecule is CCNC(=O)c1cc2c(=O)n3cc(C)ccc3[nH+]c2nc1NCC. The Balaban J connectivity index is 2.34. The van der Waals surface area contributed by atoms with Crippen molar-refractivity contribution in [2.24, 2.45) is 0 Å². The van der Waals surface area contributed by atoms with E-state index in [9.17, 15) is 9.59 Å². The third-order valence-corrected chi connectivity index (χ3v) is 3.74. The number of aryl methyl sites for hydroxylation is 1. The van der Waals surface area contributed by atoms with E-state index in [4.69, 9.17) is 0 Å². The van der Waals surface area contributed by atoms with Crippen LogP contribution in [0.25, 0.3) is 16.7 Å². The van der Waals surface area contributed by atoms with Gasteiger partial charge in [-0.15, -0.1) is 0 Å². The molecular formula is C17H20N5O2+. The van der Waals surface area contributed by atoms with Crippen LogP contribution in [-0.4, -0.2) is 28.4 Å². The highest BCUT2D eigenvalue weighted by atomic mass is 16.1. The fourth-order valence-corrected chi connectivity index (χ4v) is 2.63. The molecule has 0 saturated heterocycles.